The SMILES string of the molecule is CN=C(NCCN1C(=O)Cc2ccccc21)NCc1ccc2c(c1)OCO2. The van der Waals surface area contributed by atoms with Crippen molar-refractivity contribution in [1.29, 1.82) is 0 Å². The maximum absolute atomic E-state index is 12.2. The molecule has 2 aliphatic heterocycles. The first kappa shape index (κ1) is 17.2. The molecule has 0 saturated heterocycles. The number of aliphatic imine (C=N–C) groups is 1. The van der Waals surface area contributed by atoms with Crippen LogP contribution in [0.15, 0.2) is 47.5 Å². The molecule has 2 aliphatic rings. The van der Waals surface area contributed by atoms with Crippen LogP contribution in [0.2, 0.25) is 0 Å². The molecular weight excluding hydrogens is 344 g/mol. The number of hydrogen-bond acceptors (Lipinski definition) is 4. The molecule has 0 aliphatic carbocycles. The van der Waals surface area contributed by atoms with Gasteiger partial charge in [0.15, 0.2) is 17.5 Å². The van der Waals surface area contributed by atoms with Crippen molar-refractivity contribution in [2.24, 2.45) is 4.99 Å². The summed E-state index contributed by atoms with van der Waals surface area (Å²) in [7, 11) is 1.73. The summed E-state index contributed by atoms with van der Waals surface area (Å²) in [6.07, 6.45) is 0.479. The van der Waals surface area contributed by atoms with Gasteiger partial charge in [-0.1, -0.05) is 24.3 Å². The van der Waals surface area contributed by atoms with Crippen molar-refractivity contribution in [1.82, 2.24) is 10.6 Å². The Kier molecular flexibility index (Phi) is 4.82. The summed E-state index contributed by atoms with van der Waals surface area (Å²) in [5.41, 5.74) is 3.17. The van der Waals surface area contributed by atoms with Crippen molar-refractivity contribution in [2.75, 3.05) is 31.8 Å². The first-order valence-corrected chi connectivity index (χ1v) is 8.96. The van der Waals surface area contributed by atoms with Crippen LogP contribution in [-0.4, -0.2) is 38.8 Å². The Morgan fingerprint density at radius 3 is 2.89 bits per heavy atom. The summed E-state index contributed by atoms with van der Waals surface area (Å²) in [5, 5.41) is 6.53. The van der Waals surface area contributed by atoms with Gasteiger partial charge >= 0.3 is 0 Å². The molecule has 0 atom stereocenters. The highest BCUT2D eigenvalue weighted by Gasteiger charge is 2.26. The number of benzene rings is 2. The van der Waals surface area contributed by atoms with E-state index in [4.69, 9.17) is 9.47 Å². The van der Waals surface area contributed by atoms with Gasteiger partial charge in [0.25, 0.3) is 0 Å². The van der Waals surface area contributed by atoms with Crippen molar-refractivity contribution in [3.8, 4) is 11.5 Å². The topological polar surface area (TPSA) is 75.2 Å². The Bertz CT molecular complexity index is 881. The molecule has 1 amide bonds. The lowest BCUT2D eigenvalue weighted by Crippen LogP contribution is -2.42. The molecule has 2 heterocycles. The van der Waals surface area contributed by atoms with Gasteiger partial charge in [-0.2, -0.15) is 0 Å². The molecule has 2 aromatic rings. The van der Waals surface area contributed by atoms with E-state index in [1.807, 2.05) is 47.4 Å². The van der Waals surface area contributed by atoms with Crippen molar-refractivity contribution in [3.05, 3.63) is 53.6 Å². The first-order valence-electron chi connectivity index (χ1n) is 8.96. The molecule has 27 heavy (non-hydrogen) atoms. The minimum absolute atomic E-state index is 0.140. The zero-order valence-electron chi connectivity index (χ0n) is 15.2. The number of rotatable bonds is 5. The average Bonchev–Trinajstić information content (AvgIpc) is 3.28. The number of fused-ring (bicyclic) bond motifs is 2. The van der Waals surface area contributed by atoms with Crippen LogP contribution in [0, 0.1) is 0 Å². The number of amides is 1. The van der Waals surface area contributed by atoms with Crippen molar-refractivity contribution >= 4 is 17.6 Å². The van der Waals surface area contributed by atoms with Gasteiger partial charge in [-0.25, -0.2) is 0 Å². The molecular formula is C20H22N4O3. The molecule has 0 unspecified atom stereocenters. The van der Waals surface area contributed by atoms with Gasteiger partial charge in [0.05, 0.1) is 6.42 Å². The van der Waals surface area contributed by atoms with Crippen molar-refractivity contribution in [3.63, 3.8) is 0 Å². The normalized spacial score (nSPS) is 15.1. The predicted molar refractivity (Wildman–Crippen MR) is 103 cm³/mol. The summed E-state index contributed by atoms with van der Waals surface area (Å²) in [4.78, 5) is 18.3. The van der Waals surface area contributed by atoms with Crippen LogP contribution in [0.4, 0.5) is 5.69 Å². The molecule has 0 fully saturated rings. The first-order chi connectivity index (χ1) is 13.2. The summed E-state index contributed by atoms with van der Waals surface area (Å²) >= 11 is 0. The molecule has 4 rings (SSSR count). The lowest BCUT2D eigenvalue weighted by molar-refractivity contribution is -0.117. The van der Waals surface area contributed by atoms with E-state index in [-0.39, 0.29) is 12.7 Å². The zero-order chi connectivity index (χ0) is 18.6. The fourth-order valence-electron chi connectivity index (χ4n) is 3.30. The Hall–Kier alpha value is -3.22. The van der Waals surface area contributed by atoms with E-state index in [9.17, 15) is 4.79 Å². The second kappa shape index (κ2) is 7.57. The second-order valence-corrected chi connectivity index (χ2v) is 6.39. The molecule has 0 spiro atoms. The molecule has 140 valence electrons. The molecule has 0 aromatic heterocycles. The van der Waals surface area contributed by atoms with E-state index in [1.165, 1.54) is 0 Å². The maximum atomic E-state index is 12.2. The van der Waals surface area contributed by atoms with Crippen molar-refractivity contribution < 1.29 is 14.3 Å². The third-order valence-electron chi connectivity index (χ3n) is 4.67. The smallest absolute Gasteiger partial charge is 0.231 e. The predicted octanol–water partition coefficient (Wildman–Crippen LogP) is 1.67. The Balaban J connectivity index is 1.28. The quantitative estimate of drug-likeness (QED) is 0.622. The van der Waals surface area contributed by atoms with Gasteiger partial charge < -0.3 is 25.0 Å². The summed E-state index contributed by atoms with van der Waals surface area (Å²) < 4.78 is 10.7. The highest BCUT2D eigenvalue weighted by molar-refractivity contribution is 6.01. The lowest BCUT2D eigenvalue weighted by atomic mass is 10.2. The van der Waals surface area contributed by atoms with E-state index < -0.39 is 0 Å². The number of nitrogens with zero attached hydrogens (tertiary/aromatic N) is 2. The number of anilines is 1. The highest BCUT2D eigenvalue weighted by Crippen LogP contribution is 2.32. The number of nitrogens with one attached hydrogen (secondary N) is 2. The standard InChI is InChI=1S/C20H22N4O3/c1-21-20(23-12-14-6-7-17-18(10-14)27-13-26-17)22-8-9-24-16-5-3-2-4-15(16)11-19(24)25/h2-7,10H,8-9,11-13H2,1H3,(H2,21,22,23). The highest BCUT2D eigenvalue weighted by atomic mass is 16.7. The Labute approximate surface area is 158 Å². The van der Waals surface area contributed by atoms with Gasteiger partial charge in [0, 0.05) is 32.4 Å². The molecule has 7 nitrogen and oxygen atoms in total. The number of hydrogen-bond donors (Lipinski definition) is 2. The van der Waals surface area contributed by atoms with E-state index in [2.05, 4.69) is 15.6 Å². The molecule has 0 radical (unpaired) electrons. The van der Waals surface area contributed by atoms with Crippen LogP contribution in [-0.2, 0) is 17.8 Å². The minimum atomic E-state index is 0.140. The summed E-state index contributed by atoms with van der Waals surface area (Å²) in [6, 6.07) is 13.8. The summed E-state index contributed by atoms with van der Waals surface area (Å²) in [6.45, 7) is 2.09. The van der Waals surface area contributed by atoms with Crippen LogP contribution < -0.4 is 25.0 Å². The van der Waals surface area contributed by atoms with Crippen LogP contribution in [0.25, 0.3) is 0 Å². The molecule has 2 N–H and O–H groups in total. The van der Waals surface area contributed by atoms with E-state index >= 15 is 0 Å². The number of carbonyl (C=O) groups excluding carboxylic acids is 1. The molecule has 7 heteroatoms. The lowest BCUT2D eigenvalue weighted by Gasteiger charge is -2.19. The monoisotopic (exact) mass is 366 g/mol. The number of ether oxygens (including phenoxy) is 2. The van der Waals surface area contributed by atoms with Gasteiger partial charge in [0.1, 0.15) is 0 Å². The van der Waals surface area contributed by atoms with Gasteiger partial charge in [-0.3, -0.25) is 9.79 Å². The Morgan fingerprint density at radius 1 is 1.15 bits per heavy atom. The largest absolute Gasteiger partial charge is 0.454 e. The number of carbonyl (C=O) groups is 1. The van der Waals surface area contributed by atoms with Gasteiger partial charge in [0.2, 0.25) is 12.7 Å². The van der Waals surface area contributed by atoms with Crippen LogP contribution in [0.1, 0.15) is 11.1 Å². The number of guanidine groups is 1. The van der Waals surface area contributed by atoms with Crippen LogP contribution in [0.3, 0.4) is 0 Å². The average molecular weight is 366 g/mol. The Morgan fingerprint density at radius 2 is 2.00 bits per heavy atom. The van der Waals surface area contributed by atoms with Gasteiger partial charge in [-0.15, -0.1) is 0 Å². The third-order valence-corrected chi connectivity index (χ3v) is 4.67. The number of para-hydroxylation sites is 1. The van der Waals surface area contributed by atoms with E-state index in [0.29, 0.717) is 32.0 Å². The van der Waals surface area contributed by atoms with Crippen molar-refractivity contribution in [2.45, 2.75) is 13.0 Å². The fraction of sp³-hybridized carbons (Fsp3) is 0.300. The van der Waals surface area contributed by atoms with Gasteiger partial charge in [-0.05, 0) is 29.3 Å². The second-order valence-electron chi connectivity index (χ2n) is 6.39. The zero-order valence-corrected chi connectivity index (χ0v) is 15.2. The summed E-state index contributed by atoms with van der Waals surface area (Å²) in [5.74, 6) is 2.37. The van der Waals surface area contributed by atoms with E-state index in [0.717, 1.165) is 28.3 Å². The third kappa shape index (κ3) is 3.67. The maximum Gasteiger partial charge on any atom is 0.231 e. The van der Waals surface area contributed by atoms with E-state index in [1.54, 1.807) is 7.05 Å². The fourth-order valence-corrected chi connectivity index (χ4v) is 3.30. The molecule has 0 bridgehead atoms. The molecule has 0 saturated carbocycles. The minimum Gasteiger partial charge on any atom is -0.454 e. The van der Waals surface area contributed by atoms with Crippen LogP contribution >= 0.6 is 0 Å². The van der Waals surface area contributed by atoms with Crippen LogP contribution in [0.5, 0.6) is 11.5 Å². The molecule has 2 aromatic carbocycles.